The monoisotopic (exact) mass is 136 g/mol. The van der Waals surface area contributed by atoms with E-state index in [4.69, 9.17) is 4.74 Å². The number of rotatable bonds is 4. The number of ether oxygens (including phenoxy) is 1. The molecular formula is C5H14NOS+. The lowest BCUT2D eigenvalue weighted by atomic mass is 10.3. The Labute approximate surface area is 55.8 Å². The van der Waals surface area contributed by atoms with Crippen molar-refractivity contribution in [3.8, 4) is 0 Å². The van der Waals surface area contributed by atoms with Gasteiger partial charge in [0.25, 0.3) is 0 Å². The van der Waals surface area contributed by atoms with E-state index >= 15 is 0 Å². The van der Waals surface area contributed by atoms with Crippen molar-refractivity contribution < 1.29 is 10.5 Å². The van der Waals surface area contributed by atoms with Crippen molar-refractivity contribution >= 4 is 12.6 Å². The molecule has 2 nitrogen and oxygen atoms in total. The number of hydrogen-bond acceptors (Lipinski definition) is 2. The summed E-state index contributed by atoms with van der Waals surface area (Å²) in [4.78, 5) is 0. The highest BCUT2D eigenvalue weighted by atomic mass is 32.1. The first-order valence-corrected chi connectivity index (χ1v) is 3.37. The summed E-state index contributed by atoms with van der Waals surface area (Å²) in [6, 6.07) is 0.443. The number of quaternary nitrogens is 1. The van der Waals surface area contributed by atoms with Crippen LogP contribution in [-0.4, -0.2) is 25.5 Å². The fourth-order valence-corrected chi connectivity index (χ4v) is 0.558. The molecule has 0 radical (unpaired) electrons. The van der Waals surface area contributed by atoms with Gasteiger partial charge in [-0.3, -0.25) is 0 Å². The number of thiol groups is 1. The molecule has 0 spiro atoms. The lowest BCUT2D eigenvalue weighted by Gasteiger charge is -2.01. The van der Waals surface area contributed by atoms with Crippen molar-refractivity contribution in [3.63, 3.8) is 0 Å². The standard InChI is InChI=1S/C5H13NOS/c1-7-3-2-5(6)4-8/h5,8H,2-4,6H2,1H3/p+1/t5-/m0/s1. The molecule has 3 N–H and O–H groups in total. The Kier molecular flexibility index (Phi) is 5.59. The van der Waals surface area contributed by atoms with Crippen LogP contribution in [0.4, 0.5) is 0 Å². The van der Waals surface area contributed by atoms with E-state index < -0.39 is 0 Å². The maximum absolute atomic E-state index is 4.84. The zero-order valence-electron chi connectivity index (χ0n) is 5.26. The normalized spacial score (nSPS) is 13.9. The SMILES string of the molecule is COCC[C@H]([NH3+])CS. The Morgan fingerprint density at radius 1 is 1.75 bits per heavy atom. The predicted molar refractivity (Wildman–Crippen MR) is 37.0 cm³/mol. The third-order valence-corrected chi connectivity index (χ3v) is 1.50. The Morgan fingerprint density at radius 3 is 2.75 bits per heavy atom. The van der Waals surface area contributed by atoms with Crippen molar-refractivity contribution in [2.45, 2.75) is 12.5 Å². The molecule has 0 aliphatic carbocycles. The molecule has 0 aliphatic rings. The zero-order chi connectivity index (χ0) is 6.41. The smallest absolute Gasteiger partial charge is 0.0954 e. The van der Waals surface area contributed by atoms with Crippen LogP contribution in [0.3, 0.4) is 0 Å². The highest BCUT2D eigenvalue weighted by Crippen LogP contribution is 1.87. The summed E-state index contributed by atoms with van der Waals surface area (Å²) in [5.74, 6) is 0.851. The second-order valence-corrected chi connectivity index (χ2v) is 2.20. The van der Waals surface area contributed by atoms with Gasteiger partial charge in [-0.15, -0.1) is 0 Å². The van der Waals surface area contributed by atoms with E-state index in [9.17, 15) is 0 Å². The number of methoxy groups -OCH3 is 1. The lowest BCUT2D eigenvalue weighted by molar-refractivity contribution is -0.414. The first-order chi connectivity index (χ1) is 3.81. The van der Waals surface area contributed by atoms with Gasteiger partial charge < -0.3 is 10.5 Å². The van der Waals surface area contributed by atoms with E-state index in [0.29, 0.717) is 6.04 Å². The van der Waals surface area contributed by atoms with Crippen LogP contribution in [0.15, 0.2) is 0 Å². The first-order valence-electron chi connectivity index (χ1n) is 2.74. The van der Waals surface area contributed by atoms with Gasteiger partial charge >= 0.3 is 0 Å². The molecule has 0 aromatic rings. The Morgan fingerprint density at radius 2 is 2.38 bits per heavy atom. The van der Waals surface area contributed by atoms with Gasteiger partial charge in [0.1, 0.15) is 0 Å². The van der Waals surface area contributed by atoms with Gasteiger partial charge in [0.15, 0.2) is 0 Å². The minimum Gasteiger partial charge on any atom is -0.384 e. The highest BCUT2D eigenvalue weighted by molar-refractivity contribution is 7.80. The van der Waals surface area contributed by atoms with Gasteiger partial charge in [0.2, 0.25) is 0 Å². The Balaban J connectivity index is 2.86. The van der Waals surface area contributed by atoms with E-state index in [1.165, 1.54) is 0 Å². The molecule has 0 heterocycles. The molecule has 0 aromatic carbocycles. The van der Waals surface area contributed by atoms with Gasteiger partial charge in [-0.2, -0.15) is 12.6 Å². The summed E-state index contributed by atoms with van der Waals surface area (Å²) in [5, 5.41) is 0. The van der Waals surface area contributed by atoms with Crippen LogP contribution in [0.1, 0.15) is 6.42 Å². The summed E-state index contributed by atoms with van der Waals surface area (Å²) in [6.07, 6.45) is 1.01. The maximum atomic E-state index is 4.84. The van der Waals surface area contributed by atoms with E-state index in [2.05, 4.69) is 18.4 Å². The molecule has 0 unspecified atom stereocenters. The van der Waals surface area contributed by atoms with Crippen LogP contribution in [0.25, 0.3) is 0 Å². The topological polar surface area (TPSA) is 36.9 Å². The second-order valence-electron chi connectivity index (χ2n) is 1.83. The van der Waals surface area contributed by atoms with Crippen LogP contribution in [0, 0.1) is 0 Å². The van der Waals surface area contributed by atoms with Crippen LogP contribution in [0.5, 0.6) is 0 Å². The second kappa shape index (κ2) is 5.41. The first kappa shape index (κ1) is 8.27. The molecule has 0 fully saturated rings. The quantitative estimate of drug-likeness (QED) is 0.505. The van der Waals surface area contributed by atoms with Gasteiger partial charge in [-0.05, 0) is 0 Å². The van der Waals surface area contributed by atoms with Crippen LogP contribution >= 0.6 is 12.6 Å². The van der Waals surface area contributed by atoms with Crippen molar-refractivity contribution in [2.24, 2.45) is 0 Å². The molecule has 0 saturated carbocycles. The van der Waals surface area contributed by atoms with Crippen molar-refractivity contribution in [1.82, 2.24) is 0 Å². The molecule has 0 aliphatic heterocycles. The minimum atomic E-state index is 0.443. The third-order valence-electron chi connectivity index (χ3n) is 0.988. The summed E-state index contributed by atoms with van der Waals surface area (Å²) < 4.78 is 4.84. The average Bonchev–Trinajstić information content (AvgIpc) is 1.83. The van der Waals surface area contributed by atoms with Gasteiger partial charge in [0, 0.05) is 19.3 Å². The van der Waals surface area contributed by atoms with E-state index in [-0.39, 0.29) is 0 Å². The lowest BCUT2D eigenvalue weighted by Crippen LogP contribution is -2.62. The molecule has 1 atom stereocenters. The fourth-order valence-electron chi connectivity index (χ4n) is 0.376. The molecular weight excluding hydrogens is 122 g/mol. The Hall–Kier alpha value is 0.270. The van der Waals surface area contributed by atoms with Crippen LogP contribution in [0.2, 0.25) is 0 Å². The number of hydrogen-bond donors (Lipinski definition) is 2. The van der Waals surface area contributed by atoms with Crippen molar-refractivity contribution in [2.75, 3.05) is 19.5 Å². The van der Waals surface area contributed by atoms with E-state index in [0.717, 1.165) is 18.8 Å². The van der Waals surface area contributed by atoms with Gasteiger partial charge in [0.05, 0.1) is 12.6 Å². The summed E-state index contributed by atoms with van der Waals surface area (Å²) in [5.41, 5.74) is 3.84. The average molecular weight is 136 g/mol. The van der Waals surface area contributed by atoms with Crippen LogP contribution in [-0.2, 0) is 4.74 Å². The molecule has 0 saturated heterocycles. The summed E-state index contributed by atoms with van der Waals surface area (Å²) in [6.45, 7) is 0.800. The molecule has 0 amide bonds. The zero-order valence-corrected chi connectivity index (χ0v) is 6.16. The maximum Gasteiger partial charge on any atom is 0.0954 e. The summed E-state index contributed by atoms with van der Waals surface area (Å²) in [7, 11) is 1.70. The minimum absolute atomic E-state index is 0.443. The molecule has 0 aromatic heterocycles. The largest absolute Gasteiger partial charge is 0.384 e. The third kappa shape index (κ3) is 4.43. The van der Waals surface area contributed by atoms with Crippen molar-refractivity contribution in [3.05, 3.63) is 0 Å². The van der Waals surface area contributed by atoms with Crippen LogP contribution < -0.4 is 5.73 Å². The highest BCUT2D eigenvalue weighted by Gasteiger charge is 1.99. The van der Waals surface area contributed by atoms with Gasteiger partial charge in [-0.25, -0.2) is 0 Å². The Bertz CT molecular complexity index is 51.7. The molecule has 50 valence electrons. The van der Waals surface area contributed by atoms with E-state index in [1.54, 1.807) is 7.11 Å². The molecule has 0 rings (SSSR count). The van der Waals surface area contributed by atoms with Crippen molar-refractivity contribution in [1.29, 1.82) is 0 Å². The predicted octanol–water partition coefficient (Wildman–Crippen LogP) is -0.437. The molecule has 0 bridgehead atoms. The summed E-state index contributed by atoms with van der Waals surface area (Å²) >= 11 is 4.07. The molecule has 8 heavy (non-hydrogen) atoms. The van der Waals surface area contributed by atoms with E-state index in [1.807, 2.05) is 0 Å². The molecule has 3 heteroatoms. The fraction of sp³-hybridized carbons (Fsp3) is 1.00. The van der Waals surface area contributed by atoms with Gasteiger partial charge in [-0.1, -0.05) is 0 Å².